The van der Waals surface area contributed by atoms with Gasteiger partial charge in [0.2, 0.25) is 11.8 Å². The summed E-state index contributed by atoms with van der Waals surface area (Å²) < 4.78 is 10.8. The Balaban J connectivity index is 1.88. The summed E-state index contributed by atoms with van der Waals surface area (Å²) in [6.45, 7) is 8.38. The standard InChI is InChI=1S/C25H32N2O4/c1-15(2)24(25(29)26-23-16(3)8-7-9-17(23)4)27-11-10-18-12-20(30-5)21(31-6)13-19(18)14-22(27)28/h7-9,12-13,15,24H,10-11,14H2,1-6H3,(H,26,29). The second kappa shape index (κ2) is 9.41. The number of anilines is 1. The number of hydrogen-bond acceptors (Lipinski definition) is 4. The van der Waals surface area contributed by atoms with E-state index in [0.717, 1.165) is 27.9 Å². The molecule has 3 rings (SSSR count). The van der Waals surface area contributed by atoms with E-state index in [1.165, 1.54) is 0 Å². The molecule has 0 spiro atoms. The molecule has 2 aromatic carbocycles. The molecule has 1 aliphatic heterocycles. The molecule has 0 saturated heterocycles. The summed E-state index contributed by atoms with van der Waals surface area (Å²) in [4.78, 5) is 28.3. The van der Waals surface area contributed by atoms with Crippen LogP contribution < -0.4 is 14.8 Å². The first-order valence-electron chi connectivity index (χ1n) is 10.7. The molecule has 0 aromatic heterocycles. The number of hydrogen-bond donors (Lipinski definition) is 1. The number of aryl methyl sites for hydroxylation is 2. The molecule has 2 amide bonds. The Morgan fingerprint density at radius 3 is 2.16 bits per heavy atom. The highest BCUT2D eigenvalue weighted by Crippen LogP contribution is 2.33. The van der Waals surface area contributed by atoms with Crippen LogP contribution in [-0.4, -0.2) is 43.5 Å². The lowest BCUT2D eigenvalue weighted by Gasteiger charge is -2.33. The fraction of sp³-hybridized carbons (Fsp3) is 0.440. The van der Waals surface area contributed by atoms with Crippen molar-refractivity contribution in [2.24, 2.45) is 5.92 Å². The van der Waals surface area contributed by atoms with E-state index in [0.29, 0.717) is 24.5 Å². The SMILES string of the molecule is COc1cc2c(cc1OC)CC(=O)N(C(C(=O)Nc1c(C)cccc1C)C(C)C)CC2. The monoisotopic (exact) mass is 424 g/mol. The second-order valence-corrected chi connectivity index (χ2v) is 8.43. The molecular formula is C25H32N2O4. The number of carbonyl (C=O) groups is 2. The lowest BCUT2D eigenvalue weighted by Crippen LogP contribution is -2.51. The van der Waals surface area contributed by atoms with E-state index in [1.54, 1.807) is 19.1 Å². The fourth-order valence-corrected chi connectivity index (χ4v) is 4.30. The molecule has 2 aromatic rings. The summed E-state index contributed by atoms with van der Waals surface area (Å²) in [5.41, 5.74) is 4.79. The van der Waals surface area contributed by atoms with E-state index in [-0.39, 0.29) is 24.2 Å². The lowest BCUT2D eigenvalue weighted by atomic mass is 10.00. The fourth-order valence-electron chi connectivity index (χ4n) is 4.30. The van der Waals surface area contributed by atoms with Crippen LogP contribution in [0.5, 0.6) is 11.5 Å². The second-order valence-electron chi connectivity index (χ2n) is 8.43. The number of amides is 2. The molecule has 0 aliphatic carbocycles. The summed E-state index contributed by atoms with van der Waals surface area (Å²) in [6.07, 6.45) is 0.886. The molecule has 0 radical (unpaired) electrons. The van der Waals surface area contributed by atoms with E-state index in [4.69, 9.17) is 9.47 Å². The first-order chi connectivity index (χ1) is 14.8. The van der Waals surface area contributed by atoms with Crippen LogP contribution in [0.15, 0.2) is 30.3 Å². The zero-order valence-electron chi connectivity index (χ0n) is 19.2. The van der Waals surface area contributed by atoms with Gasteiger partial charge in [0.1, 0.15) is 6.04 Å². The van der Waals surface area contributed by atoms with Gasteiger partial charge in [-0.25, -0.2) is 0 Å². The molecule has 0 fully saturated rings. The topological polar surface area (TPSA) is 67.9 Å². The van der Waals surface area contributed by atoms with Gasteiger partial charge in [-0.05, 0) is 60.6 Å². The van der Waals surface area contributed by atoms with Gasteiger partial charge in [0.25, 0.3) is 0 Å². The largest absolute Gasteiger partial charge is 0.493 e. The smallest absolute Gasteiger partial charge is 0.247 e. The maximum absolute atomic E-state index is 13.3. The number of rotatable bonds is 6. The van der Waals surface area contributed by atoms with Crippen molar-refractivity contribution >= 4 is 17.5 Å². The van der Waals surface area contributed by atoms with Crippen molar-refractivity contribution in [2.75, 3.05) is 26.1 Å². The number of fused-ring (bicyclic) bond motifs is 1. The maximum Gasteiger partial charge on any atom is 0.247 e. The van der Waals surface area contributed by atoms with E-state index in [2.05, 4.69) is 5.32 Å². The number of methoxy groups -OCH3 is 2. The Morgan fingerprint density at radius 1 is 1.03 bits per heavy atom. The molecule has 31 heavy (non-hydrogen) atoms. The van der Waals surface area contributed by atoms with Crippen LogP contribution in [0.1, 0.15) is 36.1 Å². The van der Waals surface area contributed by atoms with Crippen LogP contribution in [0.25, 0.3) is 0 Å². The minimum atomic E-state index is -0.551. The molecule has 0 saturated carbocycles. The van der Waals surface area contributed by atoms with Crippen molar-refractivity contribution in [1.29, 1.82) is 0 Å². The normalized spacial score (nSPS) is 14.7. The average molecular weight is 425 g/mol. The molecule has 1 N–H and O–H groups in total. The number of benzene rings is 2. The van der Waals surface area contributed by atoms with Crippen LogP contribution in [0.2, 0.25) is 0 Å². The van der Waals surface area contributed by atoms with Gasteiger partial charge in [-0.15, -0.1) is 0 Å². The minimum Gasteiger partial charge on any atom is -0.493 e. The average Bonchev–Trinajstić information content (AvgIpc) is 2.88. The molecule has 1 aliphatic rings. The first kappa shape index (κ1) is 22.7. The molecule has 6 heteroatoms. The van der Waals surface area contributed by atoms with Gasteiger partial charge in [-0.2, -0.15) is 0 Å². The van der Waals surface area contributed by atoms with Gasteiger partial charge in [0.05, 0.1) is 20.6 Å². The van der Waals surface area contributed by atoms with Crippen molar-refractivity contribution in [2.45, 2.75) is 46.6 Å². The number of carbonyl (C=O) groups excluding carboxylic acids is 2. The number of nitrogens with zero attached hydrogens (tertiary/aromatic N) is 1. The van der Waals surface area contributed by atoms with Crippen LogP contribution in [0, 0.1) is 19.8 Å². The molecule has 6 nitrogen and oxygen atoms in total. The minimum absolute atomic E-state index is 0.0291. The number of para-hydroxylation sites is 1. The maximum atomic E-state index is 13.3. The van der Waals surface area contributed by atoms with E-state index < -0.39 is 6.04 Å². The highest BCUT2D eigenvalue weighted by Gasteiger charge is 2.34. The van der Waals surface area contributed by atoms with Crippen molar-refractivity contribution in [3.63, 3.8) is 0 Å². The molecule has 1 unspecified atom stereocenters. The molecule has 1 heterocycles. The Hall–Kier alpha value is -3.02. The predicted octanol–water partition coefficient (Wildman–Crippen LogP) is 3.91. The Bertz CT molecular complexity index is 963. The van der Waals surface area contributed by atoms with Gasteiger partial charge < -0.3 is 19.7 Å². The zero-order valence-corrected chi connectivity index (χ0v) is 19.2. The van der Waals surface area contributed by atoms with Gasteiger partial charge in [-0.1, -0.05) is 32.0 Å². The Morgan fingerprint density at radius 2 is 1.61 bits per heavy atom. The van der Waals surface area contributed by atoms with Gasteiger partial charge in [0.15, 0.2) is 11.5 Å². The van der Waals surface area contributed by atoms with Gasteiger partial charge in [0, 0.05) is 12.2 Å². The van der Waals surface area contributed by atoms with E-state index in [9.17, 15) is 9.59 Å². The van der Waals surface area contributed by atoms with Crippen LogP contribution in [0.3, 0.4) is 0 Å². The summed E-state index contributed by atoms with van der Waals surface area (Å²) >= 11 is 0. The number of ether oxygens (including phenoxy) is 2. The quantitative estimate of drug-likeness (QED) is 0.763. The third kappa shape index (κ3) is 4.68. The molecule has 0 bridgehead atoms. The number of nitrogens with one attached hydrogen (secondary N) is 1. The van der Waals surface area contributed by atoms with Crippen LogP contribution in [-0.2, 0) is 22.4 Å². The van der Waals surface area contributed by atoms with Crippen molar-refractivity contribution in [3.05, 3.63) is 52.6 Å². The van der Waals surface area contributed by atoms with Crippen molar-refractivity contribution in [3.8, 4) is 11.5 Å². The predicted molar refractivity (Wildman–Crippen MR) is 122 cm³/mol. The zero-order chi connectivity index (χ0) is 22.7. The van der Waals surface area contributed by atoms with E-state index >= 15 is 0 Å². The van der Waals surface area contributed by atoms with Gasteiger partial charge >= 0.3 is 0 Å². The Labute approximate surface area is 184 Å². The lowest BCUT2D eigenvalue weighted by molar-refractivity contribution is -0.139. The summed E-state index contributed by atoms with van der Waals surface area (Å²) in [5, 5.41) is 3.08. The Kier molecular flexibility index (Phi) is 6.88. The van der Waals surface area contributed by atoms with Crippen molar-refractivity contribution in [1.82, 2.24) is 4.90 Å². The molecule has 1 atom stereocenters. The molecule has 166 valence electrons. The third-order valence-corrected chi connectivity index (χ3v) is 5.96. The van der Waals surface area contributed by atoms with E-state index in [1.807, 2.05) is 58.0 Å². The highest BCUT2D eigenvalue weighted by atomic mass is 16.5. The summed E-state index contributed by atoms with van der Waals surface area (Å²) in [5.74, 6) is 1.02. The first-order valence-corrected chi connectivity index (χ1v) is 10.7. The van der Waals surface area contributed by atoms with Crippen molar-refractivity contribution < 1.29 is 19.1 Å². The molecular weight excluding hydrogens is 392 g/mol. The third-order valence-electron chi connectivity index (χ3n) is 5.96. The summed E-state index contributed by atoms with van der Waals surface area (Å²) in [7, 11) is 3.19. The highest BCUT2D eigenvalue weighted by molar-refractivity contribution is 5.98. The summed E-state index contributed by atoms with van der Waals surface area (Å²) in [6, 6.07) is 9.18. The van der Waals surface area contributed by atoms with Crippen LogP contribution >= 0.6 is 0 Å². The van der Waals surface area contributed by atoms with Gasteiger partial charge in [-0.3, -0.25) is 9.59 Å². The van der Waals surface area contributed by atoms with Crippen LogP contribution in [0.4, 0.5) is 5.69 Å².